The quantitative estimate of drug-likeness (QED) is 0.499. The van der Waals surface area contributed by atoms with E-state index in [1.54, 1.807) is 0 Å². The van der Waals surface area contributed by atoms with E-state index in [-0.39, 0.29) is 0 Å². The molecular formula is C13H23ClO2. The van der Waals surface area contributed by atoms with Crippen LogP contribution >= 0.6 is 11.6 Å². The maximum absolute atomic E-state index is 10.5. The minimum Gasteiger partial charge on any atom is -0.453 e. The van der Waals surface area contributed by atoms with Gasteiger partial charge in [0.15, 0.2) is 0 Å². The highest BCUT2D eigenvalue weighted by Gasteiger charge is 2.21. The summed E-state index contributed by atoms with van der Waals surface area (Å²) in [6.45, 7) is 2.77. The molecule has 0 bridgehead atoms. The van der Waals surface area contributed by atoms with Crippen LogP contribution < -0.4 is 0 Å². The lowest BCUT2D eigenvalue weighted by Gasteiger charge is -2.27. The molecular weight excluding hydrogens is 224 g/mol. The first kappa shape index (κ1) is 13.8. The van der Waals surface area contributed by atoms with Crippen LogP contribution in [0.15, 0.2) is 0 Å². The Balaban J connectivity index is 2.06. The molecule has 0 atom stereocenters. The molecule has 0 aromatic heterocycles. The fourth-order valence-corrected chi connectivity index (χ4v) is 2.62. The van der Waals surface area contributed by atoms with E-state index in [1.165, 1.54) is 51.4 Å². The highest BCUT2D eigenvalue weighted by Crippen LogP contribution is 2.32. The zero-order valence-electron chi connectivity index (χ0n) is 10.2. The third-order valence-electron chi connectivity index (χ3n) is 3.61. The Hall–Kier alpha value is -0.240. The maximum Gasteiger partial charge on any atom is 0.403 e. The molecule has 1 aliphatic rings. The molecule has 0 amide bonds. The van der Waals surface area contributed by atoms with Crippen LogP contribution in [0.4, 0.5) is 4.79 Å². The highest BCUT2D eigenvalue weighted by atomic mass is 35.5. The Morgan fingerprint density at radius 3 is 2.38 bits per heavy atom. The van der Waals surface area contributed by atoms with Crippen molar-refractivity contribution in [1.82, 2.24) is 0 Å². The van der Waals surface area contributed by atoms with Gasteiger partial charge in [-0.05, 0) is 24.7 Å². The van der Waals surface area contributed by atoms with Crippen molar-refractivity contribution in [2.75, 3.05) is 6.61 Å². The average Bonchev–Trinajstić information content (AvgIpc) is 2.28. The zero-order chi connectivity index (χ0) is 11.8. The monoisotopic (exact) mass is 246 g/mol. The van der Waals surface area contributed by atoms with Gasteiger partial charge < -0.3 is 4.74 Å². The van der Waals surface area contributed by atoms with Crippen LogP contribution in [0, 0.1) is 11.8 Å². The van der Waals surface area contributed by atoms with Gasteiger partial charge in [0.25, 0.3) is 0 Å². The number of rotatable bonds is 6. The molecule has 0 spiro atoms. The Morgan fingerprint density at radius 1 is 1.19 bits per heavy atom. The van der Waals surface area contributed by atoms with Gasteiger partial charge in [-0.3, -0.25) is 0 Å². The molecule has 0 aromatic rings. The van der Waals surface area contributed by atoms with E-state index in [9.17, 15) is 4.79 Å². The third-order valence-corrected chi connectivity index (χ3v) is 3.72. The molecule has 0 N–H and O–H groups in total. The number of ether oxygens (including phenoxy) is 1. The van der Waals surface area contributed by atoms with Gasteiger partial charge in [0.2, 0.25) is 0 Å². The van der Waals surface area contributed by atoms with E-state index in [0.717, 1.165) is 5.92 Å². The van der Waals surface area contributed by atoms with Gasteiger partial charge in [0.05, 0.1) is 6.61 Å². The summed E-state index contributed by atoms with van der Waals surface area (Å²) in [5.74, 6) is 1.46. The van der Waals surface area contributed by atoms with Crippen LogP contribution in [0.1, 0.15) is 58.3 Å². The van der Waals surface area contributed by atoms with Crippen LogP contribution in [0.3, 0.4) is 0 Å². The fraction of sp³-hybridized carbons (Fsp3) is 0.923. The van der Waals surface area contributed by atoms with Gasteiger partial charge in [0.1, 0.15) is 0 Å². The lowest BCUT2D eigenvalue weighted by Crippen LogP contribution is -2.19. The van der Waals surface area contributed by atoms with E-state index in [0.29, 0.717) is 12.5 Å². The lowest BCUT2D eigenvalue weighted by atomic mass is 9.80. The second kappa shape index (κ2) is 7.94. The molecule has 0 radical (unpaired) electrons. The summed E-state index contributed by atoms with van der Waals surface area (Å²) < 4.78 is 4.84. The molecule has 0 heterocycles. The van der Waals surface area contributed by atoms with Gasteiger partial charge in [-0.2, -0.15) is 0 Å². The predicted octanol–water partition coefficient (Wildman–Crippen LogP) is 4.75. The number of hydrogen-bond donors (Lipinski definition) is 0. The van der Waals surface area contributed by atoms with Crippen molar-refractivity contribution >= 4 is 17.0 Å². The standard InChI is InChI=1S/C13H23ClO2/c1-2-3-4-5-11-6-8-12(9-7-11)10-16-13(14)15/h11-12H,2-10H2,1H3/t11-,12-. The van der Waals surface area contributed by atoms with Gasteiger partial charge in [-0.1, -0.05) is 45.4 Å². The second-order valence-corrected chi connectivity index (χ2v) is 5.24. The van der Waals surface area contributed by atoms with Crippen LogP contribution in [-0.4, -0.2) is 12.0 Å². The first-order chi connectivity index (χ1) is 7.72. The zero-order valence-corrected chi connectivity index (χ0v) is 11.0. The summed E-state index contributed by atoms with van der Waals surface area (Å²) >= 11 is 5.15. The predicted molar refractivity (Wildman–Crippen MR) is 66.8 cm³/mol. The Morgan fingerprint density at radius 2 is 1.81 bits per heavy atom. The molecule has 0 unspecified atom stereocenters. The molecule has 94 valence electrons. The van der Waals surface area contributed by atoms with Gasteiger partial charge in [-0.25, -0.2) is 4.79 Å². The molecule has 1 fully saturated rings. The van der Waals surface area contributed by atoms with Crippen molar-refractivity contribution in [1.29, 1.82) is 0 Å². The molecule has 0 saturated heterocycles. The number of unbranched alkanes of at least 4 members (excludes halogenated alkanes) is 2. The number of hydrogen-bond acceptors (Lipinski definition) is 2. The first-order valence-electron chi connectivity index (χ1n) is 6.54. The number of carbonyl (C=O) groups excluding carboxylic acids is 1. The van der Waals surface area contributed by atoms with E-state index in [1.807, 2.05) is 0 Å². The third kappa shape index (κ3) is 5.74. The van der Waals surface area contributed by atoms with Crippen LogP contribution in [0.5, 0.6) is 0 Å². The summed E-state index contributed by atoms with van der Waals surface area (Å²) in [5, 5.41) is 0. The van der Waals surface area contributed by atoms with Crippen molar-refractivity contribution < 1.29 is 9.53 Å². The van der Waals surface area contributed by atoms with E-state index in [2.05, 4.69) is 6.92 Å². The topological polar surface area (TPSA) is 26.3 Å². The molecule has 16 heavy (non-hydrogen) atoms. The molecule has 1 saturated carbocycles. The second-order valence-electron chi connectivity index (χ2n) is 4.93. The number of halogens is 1. The largest absolute Gasteiger partial charge is 0.453 e. The molecule has 3 heteroatoms. The Labute approximate surface area is 104 Å². The van der Waals surface area contributed by atoms with Crippen molar-refractivity contribution in [3.8, 4) is 0 Å². The first-order valence-corrected chi connectivity index (χ1v) is 6.92. The molecule has 0 aromatic carbocycles. The smallest absolute Gasteiger partial charge is 0.403 e. The van der Waals surface area contributed by atoms with Crippen LogP contribution in [0.2, 0.25) is 0 Å². The number of carbonyl (C=O) groups is 1. The molecule has 0 aliphatic heterocycles. The van der Waals surface area contributed by atoms with Gasteiger partial charge in [-0.15, -0.1) is 0 Å². The molecule has 2 nitrogen and oxygen atoms in total. The van der Waals surface area contributed by atoms with Crippen LogP contribution in [-0.2, 0) is 4.74 Å². The minimum absolute atomic E-state index is 0.518. The molecule has 1 aliphatic carbocycles. The van der Waals surface area contributed by atoms with E-state index in [4.69, 9.17) is 16.3 Å². The Bertz CT molecular complexity index is 198. The normalized spacial score (nSPS) is 25.4. The summed E-state index contributed by atoms with van der Waals surface area (Å²) in [6.07, 6.45) is 10.4. The molecule has 1 rings (SSSR count). The van der Waals surface area contributed by atoms with Gasteiger partial charge >= 0.3 is 5.43 Å². The minimum atomic E-state index is -0.662. The summed E-state index contributed by atoms with van der Waals surface area (Å²) in [4.78, 5) is 10.5. The van der Waals surface area contributed by atoms with Crippen LogP contribution in [0.25, 0.3) is 0 Å². The summed E-state index contributed by atoms with van der Waals surface area (Å²) in [5.41, 5.74) is -0.662. The summed E-state index contributed by atoms with van der Waals surface area (Å²) in [6, 6.07) is 0. The lowest BCUT2D eigenvalue weighted by molar-refractivity contribution is 0.127. The van der Waals surface area contributed by atoms with E-state index < -0.39 is 5.43 Å². The summed E-state index contributed by atoms with van der Waals surface area (Å²) in [7, 11) is 0. The van der Waals surface area contributed by atoms with Crippen molar-refractivity contribution in [2.45, 2.75) is 58.3 Å². The maximum atomic E-state index is 10.5. The van der Waals surface area contributed by atoms with Gasteiger partial charge in [0, 0.05) is 11.6 Å². The van der Waals surface area contributed by atoms with Crippen molar-refractivity contribution in [3.63, 3.8) is 0 Å². The highest BCUT2D eigenvalue weighted by molar-refractivity contribution is 6.61. The average molecular weight is 247 g/mol. The van der Waals surface area contributed by atoms with Crippen molar-refractivity contribution in [2.24, 2.45) is 11.8 Å². The SMILES string of the molecule is CCCCC[C@H]1CC[C@H](COC(=O)Cl)CC1. The van der Waals surface area contributed by atoms with Crippen molar-refractivity contribution in [3.05, 3.63) is 0 Å². The Kier molecular flexibility index (Phi) is 6.86. The van der Waals surface area contributed by atoms with E-state index >= 15 is 0 Å². The fourth-order valence-electron chi connectivity index (χ4n) is 2.55.